The van der Waals surface area contributed by atoms with E-state index in [-0.39, 0.29) is 25.1 Å². The Labute approximate surface area is 106 Å². The summed E-state index contributed by atoms with van der Waals surface area (Å²) in [6.45, 7) is 3.77. The van der Waals surface area contributed by atoms with E-state index in [4.69, 9.17) is 15.6 Å². The number of hydrogen-bond donors (Lipinski definition) is 2. The molecule has 2 atom stereocenters. The van der Waals surface area contributed by atoms with Gasteiger partial charge in [0.2, 0.25) is 0 Å². The van der Waals surface area contributed by atoms with Gasteiger partial charge in [0.25, 0.3) is 5.91 Å². The maximum atomic E-state index is 12.0. The van der Waals surface area contributed by atoms with Crippen LogP contribution in [0.2, 0.25) is 0 Å². The van der Waals surface area contributed by atoms with E-state index in [9.17, 15) is 4.79 Å². The van der Waals surface area contributed by atoms with Gasteiger partial charge in [-0.3, -0.25) is 4.79 Å². The van der Waals surface area contributed by atoms with E-state index < -0.39 is 6.10 Å². The molecule has 2 rings (SSSR count). The number of ether oxygens (including phenoxy) is 1. The number of aliphatic hydroxyl groups is 1. The number of nitrogens with two attached hydrogens (primary N) is 1. The zero-order chi connectivity index (χ0) is 13.3. The van der Waals surface area contributed by atoms with Gasteiger partial charge in [0, 0.05) is 12.6 Å². The Morgan fingerprint density at radius 2 is 2.28 bits per heavy atom. The molecule has 0 spiro atoms. The van der Waals surface area contributed by atoms with Gasteiger partial charge < -0.3 is 20.5 Å². The molecular weight excluding hydrogens is 232 g/mol. The molecule has 0 bridgehead atoms. The van der Waals surface area contributed by atoms with Crippen LogP contribution in [0.1, 0.15) is 25.5 Å². The second kappa shape index (κ2) is 4.96. The van der Waals surface area contributed by atoms with Crippen molar-refractivity contribution in [2.24, 2.45) is 5.73 Å². The summed E-state index contributed by atoms with van der Waals surface area (Å²) in [6, 6.07) is 5.45. The number of amides is 1. The van der Waals surface area contributed by atoms with Gasteiger partial charge in [-0.2, -0.15) is 0 Å². The number of carbonyl (C=O) groups is 1. The lowest BCUT2D eigenvalue weighted by Gasteiger charge is -2.33. The van der Waals surface area contributed by atoms with E-state index in [1.165, 1.54) is 0 Å². The summed E-state index contributed by atoms with van der Waals surface area (Å²) in [5, 5.41) is 9.07. The number of aliphatic hydroxyl groups excluding tert-OH is 1. The second-order valence-electron chi connectivity index (χ2n) is 4.49. The minimum absolute atomic E-state index is 0.0830. The Balaban J connectivity index is 2.45. The standard InChI is InChI=1S/C13H18N2O3/c1-8(14)10-3-4-12-11(7-10)15(5-6-16)13(17)9(2)18-12/h3-4,7-9,16H,5-6,14H2,1-2H3. The van der Waals surface area contributed by atoms with E-state index in [2.05, 4.69) is 0 Å². The molecule has 5 heteroatoms. The smallest absolute Gasteiger partial charge is 0.267 e. The van der Waals surface area contributed by atoms with Crippen molar-refractivity contribution >= 4 is 11.6 Å². The van der Waals surface area contributed by atoms with Gasteiger partial charge in [-0.05, 0) is 31.5 Å². The Morgan fingerprint density at radius 1 is 1.56 bits per heavy atom. The summed E-state index contributed by atoms with van der Waals surface area (Å²) in [7, 11) is 0. The van der Waals surface area contributed by atoms with Gasteiger partial charge in [-0.15, -0.1) is 0 Å². The molecule has 0 aromatic heterocycles. The summed E-state index contributed by atoms with van der Waals surface area (Å²) < 4.78 is 5.54. The van der Waals surface area contributed by atoms with E-state index >= 15 is 0 Å². The summed E-state index contributed by atoms with van der Waals surface area (Å²) >= 11 is 0. The number of hydrogen-bond acceptors (Lipinski definition) is 4. The van der Waals surface area contributed by atoms with Gasteiger partial charge in [0.15, 0.2) is 6.10 Å². The van der Waals surface area contributed by atoms with Crippen molar-refractivity contribution in [3.8, 4) is 5.75 Å². The van der Waals surface area contributed by atoms with Crippen molar-refractivity contribution in [2.45, 2.75) is 26.0 Å². The van der Waals surface area contributed by atoms with Crippen LogP contribution in [0.4, 0.5) is 5.69 Å². The number of nitrogens with zero attached hydrogens (tertiary/aromatic N) is 1. The topological polar surface area (TPSA) is 75.8 Å². The Bertz CT molecular complexity index is 460. The van der Waals surface area contributed by atoms with Gasteiger partial charge in [0.1, 0.15) is 5.75 Å². The third-order valence-corrected chi connectivity index (χ3v) is 3.04. The van der Waals surface area contributed by atoms with Crippen LogP contribution in [0.3, 0.4) is 0 Å². The lowest BCUT2D eigenvalue weighted by Crippen LogP contribution is -2.45. The highest BCUT2D eigenvalue weighted by atomic mass is 16.5. The zero-order valence-electron chi connectivity index (χ0n) is 10.6. The van der Waals surface area contributed by atoms with Gasteiger partial charge in [-0.25, -0.2) is 0 Å². The van der Waals surface area contributed by atoms with Crippen LogP contribution in [-0.2, 0) is 4.79 Å². The first-order valence-electron chi connectivity index (χ1n) is 6.03. The van der Waals surface area contributed by atoms with Gasteiger partial charge in [-0.1, -0.05) is 6.07 Å². The number of anilines is 1. The number of fused-ring (bicyclic) bond motifs is 1. The number of β-amino-alcohol motifs (C(OH)–C–C–N with tert-alkyl or cyclic N) is 1. The molecule has 1 heterocycles. The van der Waals surface area contributed by atoms with E-state index in [1.54, 1.807) is 11.8 Å². The normalized spacial score (nSPS) is 20.3. The van der Waals surface area contributed by atoms with Crippen LogP contribution in [0.5, 0.6) is 5.75 Å². The fourth-order valence-corrected chi connectivity index (χ4v) is 2.04. The molecule has 5 nitrogen and oxygen atoms in total. The average molecular weight is 250 g/mol. The average Bonchev–Trinajstić information content (AvgIpc) is 2.34. The fraction of sp³-hybridized carbons (Fsp3) is 0.462. The van der Waals surface area contributed by atoms with Crippen LogP contribution < -0.4 is 15.4 Å². The van der Waals surface area contributed by atoms with Crippen molar-refractivity contribution in [2.75, 3.05) is 18.1 Å². The van der Waals surface area contributed by atoms with E-state index in [0.717, 1.165) is 5.56 Å². The first-order valence-corrected chi connectivity index (χ1v) is 6.03. The third-order valence-electron chi connectivity index (χ3n) is 3.04. The third kappa shape index (κ3) is 2.19. The highest BCUT2D eigenvalue weighted by molar-refractivity contribution is 5.99. The molecule has 0 radical (unpaired) electrons. The van der Waals surface area contributed by atoms with E-state index in [1.807, 2.05) is 25.1 Å². The summed E-state index contributed by atoms with van der Waals surface area (Å²) in [5.41, 5.74) is 7.45. The molecule has 3 N–H and O–H groups in total. The van der Waals surface area contributed by atoms with Crippen LogP contribution in [0.25, 0.3) is 0 Å². The fourth-order valence-electron chi connectivity index (χ4n) is 2.04. The molecule has 0 fully saturated rings. The monoisotopic (exact) mass is 250 g/mol. The quantitative estimate of drug-likeness (QED) is 0.832. The number of benzene rings is 1. The highest BCUT2D eigenvalue weighted by Crippen LogP contribution is 2.35. The van der Waals surface area contributed by atoms with Crippen LogP contribution in [0, 0.1) is 0 Å². The largest absolute Gasteiger partial charge is 0.479 e. The van der Waals surface area contributed by atoms with Crippen LogP contribution >= 0.6 is 0 Å². The molecule has 1 amide bonds. The first-order chi connectivity index (χ1) is 8.54. The molecule has 0 aliphatic carbocycles. The first kappa shape index (κ1) is 12.9. The van der Waals surface area contributed by atoms with Crippen molar-refractivity contribution in [3.05, 3.63) is 23.8 Å². The summed E-state index contributed by atoms with van der Waals surface area (Å²) in [4.78, 5) is 13.6. The lowest BCUT2D eigenvalue weighted by molar-refractivity contribution is -0.125. The van der Waals surface area contributed by atoms with Crippen LogP contribution in [0.15, 0.2) is 18.2 Å². The van der Waals surface area contributed by atoms with Crippen LogP contribution in [-0.4, -0.2) is 30.3 Å². The highest BCUT2D eigenvalue weighted by Gasteiger charge is 2.31. The maximum absolute atomic E-state index is 12.0. The predicted molar refractivity (Wildman–Crippen MR) is 68.6 cm³/mol. The molecule has 1 aliphatic rings. The molecule has 0 saturated heterocycles. The SMILES string of the molecule is CC1Oc2ccc(C(C)N)cc2N(CCO)C1=O. The number of rotatable bonds is 3. The lowest BCUT2D eigenvalue weighted by atomic mass is 10.1. The molecular formula is C13H18N2O3. The molecule has 1 aliphatic heterocycles. The van der Waals surface area contributed by atoms with E-state index in [0.29, 0.717) is 11.4 Å². The molecule has 1 aromatic rings. The van der Waals surface area contributed by atoms with Gasteiger partial charge >= 0.3 is 0 Å². The summed E-state index contributed by atoms with van der Waals surface area (Å²) in [5.74, 6) is 0.512. The molecule has 2 unspecified atom stereocenters. The Kier molecular flexibility index (Phi) is 3.54. The second-order valence-corrected chi connectivity index (χ2v) is 4.49. The van der Waals surface area contributed by atoms with Crippen molar-refractivity contribution in [1.82, 2.24) is 0 Å². The molecule has 1 aromatic carbocycles. The molecule has 18 heavy (non-hydrogen) atoms. The predicted octanol–water partition coefficient (Wildman–Crippen LogP) is 0.812. The van der Waals surface area contributed by atoms with Crippen molar-refractivity contribution < 1.29 is 14.6 Å². The van der Waals surface area contributed by atoms with Gasteiger partial charge in [0.05, 0.1) is 12.3 Å². The summed E-state index contributed by atoms with van der Waals surface area (Å²) in [6.07, 6.45) is -0.523. The molecule has 0 saturated carbocycles. The minimum atomic E-state index is -0.523. The maximum Gasteiger partial charge on any atom is 0.267 e. The van der Waals surface area contributed by atoms with Crippen molar-refractivity contribution in [1.29, 1.82) is 0 Å². The number of carbonyl (C=O) groups excluding carboxylic acids is 1. The minimum Gasteiger partial charge on any atom is -0.479 e. The molecule has 98 valence electrons. The van der Waals surface area contributed by atoms with Crippen molar-refractivity contribution in [3.63, 3.8) is 0 Å². The zero-order valence-corrected chi connectivity index (χ0v) is 10.6. The Hall–Kier alpha value is -1.59. The Morgan fingerprint density at radius 3 is 2.89 bits per heavy atom.